The van der Waals surface area contributed by atoms with Crippen molar-refractivity contribution in [3.8, 4) is 5.75 Å². The molecule has 110 valence electrons. The van der Waals surface area contributed by atoms with Crippen LogP contribution in [0.4, 0.5) is 11.4 Å². The van der Waals surface area contributed by atoms with Crippen molar-refractivity contribution < 1.29 is 9.66 Å². The fraction of sp³-hybridized carbons (Fsp3) is 0.250. The minimum atomic E-state index is -0.395. The predicted octanol–water partition coefficient (Wildman–Crippen LogP) is 3.70. The summed E-state index contributed by atoms with van der Waals surface area (Å²) in [7, 11) is 0. The van der Waals surface area contributed by atoms with Crippen LogP contribution >= 0.6 is 0 Å². The van der Waals surface area contributed by atoms with E-state index in [9.17, 15) is 10.1 Å². The van der Waals surface area contributed by atoms with Gasteiger partial charge in [0.05, 0.1) is 4.92 Å². The van der Waals surface area contributed by atoms with E-state index < -0.39 is 4.92 Å². The number of anilines is 1. The maximum atomic E-state index is 10.8. The second-order valence-electron chi connectivity index (χ2n) is 4.84. The fourth-order valence-corrected chi connectivity index (χ4v) is 1.90. The van der Waals surface area contributed by atoms with Crippen molar-refractivity contribution in [1.29, 1.82) is 0 Å². The van der Waals surface area contributed by atoms with Crippen LogP contribution in [0.1, 0.15) is 11.1 Å². The molecule has 21 heavy (non-hydrogen) atoms. The second kappa shape index (κ2) is 6.74. The number of rotatable bonds is 6. The lowest BCUT2D eigenvalue weighted by Gasteiger charge is -2.10. The smallest absolute Gasteiger partial charge is 0.271 e. The highest BCUT2D eigenvalue weighted by atomic mass is 16.6. The standard InChI is InChI=1S/C16H18N2O3/c1-12-3-7-15(8-4-12)21-10-9-17-16-11-14(18(19)20)6-5-13(16)2/h3-8,11,17H,9-10H2,1-2H3. The fourth-order valence-electron chi connectivity index (χ4n) is 1.90. The van der Waals surface area contributed by atoms with Crippen LogP contribution < -0.4 is 10.1 Å². The molecule has 0 aliphatic heterocycles. The van der Waals surface area contributed by atoms with Crippen LogP contribution in [-0.2, 0) is 0 Å². The zero-order valence-electron chi connectivity index (χ0n) is 12.1. The molecule has 0 atom stereocenters. The Labute approximate surface area is 123 Å². The Morgan fingerprint density at radius 1 is 1.14 bits per heavy atom. The summed E-state index contributed by atoms with van der Waals surface area (Å²) in [6.07, 6.45) is 0. The van der Waals surface area contributed by atoms with Gasteiger partial charge in [0.2, 0.25) is 0 Å². The molecule has 0 amide bonds. The van der Waals surface area contributed by atoms with Gasteiger partial charge in [0.25, 0.3) is 5.69 Å². The lowest BCUT2D eigenvalue weighted by Crippen LogP contribution is -2.12. The van der Waals surface area contributed by atoms with Crippen LogP contribution in [0.15, 0.2) is 42.5 Å². The van der Waals surface area contributed by atoms with Crippen LogP contribution in [0.3, 0.4) is 0 Å². The summed E-state index contributed by atoms with van der Waals surface area (Å²) in [6.45, 7) is 5.00. The predicted molar refractivity (Wildman–Crippen MR) is 83.0 cm³/mol. The van der Waals surface area contributed by atoms with Gasteiger partial charge in [-0.1, -0.05) is 23.8 Å². The average molecular weight is 286 g/mol. The Morgan fingerprint density at radius 2 is 1.86 bits per heavy atom. The van der Waals surface area contributed by atoms with Gasteiger partial charge >= 0.3 is 0 Å². The topological polar surface area (TPSA) is 64.4 Å². The molecule has 0 saturated heterocycles. The summed E-state index contributed by atoms with van der Waals surface area (Å²) >= 11 is 0. The summed E-state index contributed by atoms with van der Waals surface area (Å²) in [4.78, 5) is 10.4. The molecular formula is C16H18N2O3. The molecule has 5 nitrogen and oxygen atoms in total. The molecule has 0 unspecified atom stereocenters. The minimum absolute atomic E-state index is 0.0857. The van der Waals surface area contributed by atoms with Gasteiger partial charge in [-0.15, -0.1) is 0 Å². The summed E-state index contributed by atoms with van der Waals surface area (Å²) in [5, 5.41) is 13.9. The van der Waals surface area contributed by atoms with Crippen molar-refractivity contribution in [2.75, 3.05) is 18.5 Å². The largest absolute Gasteiger partial charge is 0.492 e. The number of benzene rings is 2. The SMILES string of the molecule is Cc1ccc(OCCNc2cc([N+](=O)[O-])ccc2C)cc1. The molecule has 0 radical (unpaired) electrons. The molecule has 0 fully saturated rings. The number of aryl methyl sites for hydroxylation is 2. The van der Waals surface area contributed by atoms with E-state index in [-0.39, 0.29) is 5.69 Å². The van der Waals surface area contributed by atoms with Gasteiger partial charge in [-0.2, -0.15) is 0 Å². The van der Waals surface area contributed by atoms with E-state index in [1.807, 2.05) is 38.1 Å². The molecule has 5 heteroatoms. The van der Waals surface area contributed by atoms with Gasteiger partial charge in [0, 0.05) is 24.4 Å². The van der Waals surface area contributed by atoms with E-state index in [4.69, 9.17) is 4.74 Å². The summed E-state index contributed by atoms with van der Waals surface area (Å²) in [5.74, 6) is 0.818. The van der Waals surface area contributed by atoms with Gasteiger partial charge in [-0.05, 0) is 31.5 Å². The number of non-ortho nitro benzene ring substituents is 1. The Hall–Kier alpha value is -2.56. The van der Waals surface area contributed by atoms with E-state index in [0.29, 0.717) is 13.2 Å². The molecule has 0 spiro atoms. The maximum absolute atomic E-state index is 10.8. The first-order chi connectivity index (χ1) is 10.1. The van der Waals surface area contributed by atoms with Crippen LogP contribution in [0.5, 0.6) is 5.75 Å². The highest BCUT2D eigenvalue weighted by molar-refractivity contribution is 5.56. The maximum Gasteiger partial charge on any atom is 0.271 e. The molecule has 0 bridgehead atoms. The molecule has 1 N–H and O–H groups in total. The van der Waals surface area contributed by atoms with Crippen molar-refractivity contribution in [3.63, 3.8) is 0 Å². The number of nitrogens with one attached hydrogen (secondary N) is 1. The Balaban J connectivity index is 1.87. The molecule has 0 saturated carbocycles. The Bertz CT molecular complexity index is 624. The van der Waals surface area contributed by atoms with Crippen LogP contribution in [0.25, 0.3) is 0 Å². The minimum Gasteiger partial charge on any atom is -0.492 e. The number of nitrogens with zero attached hydrogens (tertiary/aromatic N) is 1. The van der Waals surface area contributed by atoms with E-state index in [2.05, 4.69) is 5.32 Å². The van der Waals surface area contributed by atoms with Gasteiger partial charge in [0.15, 0.2) is 0 Å². The molecule has 0 heterocycles. The highest BCUT2D eigenvalue weighted by Crippen LogP contribution is 2.21. The number of nitro groups is 1. The van der Waals surface area contributed by atoms with E-state index in [1.54, 1.807) is 12.1 Å². The van der Waals surface area contributed by atoms with Gasteiger partial charge in [-0.25, -0.2) is 0 Å². The first-order valence-electron chi connectivity index (χ1n) is 6.74. The second-order valence-corrected chi connectivity index (χ2v) is 4.84. The van der Waals surface area contributed by atoms with Crippen LogP contribution in [0, 0.1) is 24.0 Å². The number of hydrogen-bond acceptors (Lipinski definition) is 4. The normalized spacial score (nSPS) is 10.2. The van der Waals surface area contributed by atoms with Crippen LogP contribution in [0.2, 0.25) is 0 Å². The first-order valence-corrected chi connectivity index (χ1v) is 6.74. The van der Waals surface area contributed by atoms with E-state index in [0.717, 1.165) is 17.0 Å². The van der Waals surface area contributed by atoms with Crippen LogP contribution in [-0.4, -0.2) is 18.1 Å². The van der Waals surface area contributed by atoms with Crippen molar-refractivity contribution >= 4 is 11.4 Å². The third-order valence-corrected chi connectivity index (χ3v) is 3.14. The summed E-state index contributed by atoms with van der Waals surface area (Å²) < 4.78 is 5.60. The zero-order valence-corrected chi connectivity index (χ0v) is 12.1. The quantitative estimate of drug-likeness (QED) is 0.499. The van der Waals surface area contributed by atoms with Gasteiger partial charge in [0.1, 0.15) is 12.4 Å². The van der Waals surface area contributed by atoms with Gasteiger partial charge < -0.3 is 10.1 Å². The molecule has 2 aromatic carbocycles. The summed E-state index contributed by atoms with van der Waals surface area (Å²) in [5.41, 5.74) is 3.00. The highest BCUT2D eigenvalue weighted by Gasteiger charge is 2.08. The Morgan fingerprint density at radius 3 is 2.52 bits per heavy atom. The number of ether oxygens (including phenoxy) is 1. The molecule has 0 aliphatic carbocycles. The zero-order chi connectivity index (χ0) is 15.2. The molecule has 0 aromatic heterocycles. The van der Waals surface area contributed by atoms with E-state index >= 15 is 0 Å². The van der Waals surface area contributed by atoms with Crippen molar-refractivity contribution in [3.05, 3.63) is 63.7 Å². The lowest BCUT2D eigenvalue weighted by molar-refractivity contribution is -0.384. The Kier molecular flexibility index (Phi) is 4.77. The van der Waals surface area contributed by atoms with Crippen molar-refractivity contribution in [2.45, 2.75) is 13.8 Å². The van der Waals surface area contributed by atoms with Crippen molar-refractivity contribution in [2.24, 2.45) is 0 Å². The lowest BCUT2D eigenvalue weighted by atomic mass is 10.2. The van der Waals surface area contributed by atoms with Gasteiger partial charge in [-0.3, -0.25) is 10.1 Å². The monoisotopic (exact) mass is 286 g/mol. The van der Waals surface area contributed by atoms with E-state index in [1.165, 1.54) is 11.6 Å². The summed E-state index contributed by atoms with van der Waals surface area (Å²) in [6, 6.07) is 12.6. The molecular weight excluding hydrogens is 268 g/mol. The molecule has 2 rings (SSSR count). The molecule has 0 aliphatic rings. The van der Waals surface area contributed by atoms with Crippen molar-refractivity contribution in [1.82, 2.24) is 0 Å². The first kappa shape index (κ1) is 14.8. The number of hydrogen-bond donors (Lipinski definition) is 1. The number of nitro benzene ring substituents is 1. The molecule has 2 aromatic rings. The average Bonchev–Trinajstić information content (AvgIpc) is 2.47. The third kappa shape index (κ3) is 4.21. The third-order valence-electron chi connectivity index (χ3n) is 3.14.